The van der Waals surface area contributed by atoms with Crippen molar-refractivity contribution in [3.8, 4) is 0 Å². The number of Topliss-reactive ketones (excluding diaryl/α,β-unsaturated/α-hetero) is 1. The van der Waals surface area contributed by atoms with E-state index in [1.807, 2.05) is 0 Å². The van der Waals surface area contributed by atoms with Gasteiger partial charge in [-0.25, -0.2) is 4.79 Å². The molecule has 0 aliphatic carbocycles. The zero-order chi connectivity index (χ0) is 18.0. The molecule has 6 heteroatoms. The number of hydrogen-bond donors (Lipinski definition) is 1. The fraction of sp³-hybridized carbons (Fsp3) is 0.611. The predicted molar refractivity (Wildman–Crippen MR) is 90.1 cm³/mol. The molecule has 0 unspecified atom stereocenters. The Morgan fingerprint density at radius 2 is 1.75 bits per heavy atom. The first-order chi connectivity index (χ1) is 11.2. The lowest BCUT2D eigenvalue weighted by Gasteiger charge is -2.34. The second-order valence-corrected chi connectivity index (χ2v) is 7.00. The summed E-state index contributed by atoms with van der Waals surface area (Å²) in [6, 6.07) is 0. The van der Waals surface area contributed by atoms with E-state index < -0.39 is 5.97 Å². The molecule has 132 valence electrons. The van der Waals surface area contributed by atoms with Crippen molar-refractivity contribution in [2.75, 3.05) is 19.7 Å². The second kappa shape index (κ2) is 7.20. The minimum Gasteiger partial charge on any atom is -0.451 e. The fourth-order valence-electron chi connectivity index (χ4n) is 3.64. The number of aromatic nitrogens is 1. The molecule has 0 aromatic carbocycles. The van der Waals surface area contributed by atoms with Gasteiger partial charge in [-0.05, 0) is 44.6 Å². The molecule has 0 saturated carbocycles. The molecule has 2 atom stereocenters. The van der Waals surface area contributed by atoms with Crippen LogP contribution in [-0.4, -0.2) is 47.2 Å². The van der Waals surface area contributed by atoms with Crippen molar-refractivity contribution < 1.29 is 19.1 Å². The molecule has 2 rings (SSSR count). The van der Waals surface area contributed by atoms with E-state index in [0.29, 0.717) is 41.7 Å². The van der Waals surface area contributed by atoms with E-state index in [9.17, 15) is 14.4 Å². The number of ketones is 1. The van der Waals surface area contributed by atoms with E-state index in [-0.39, 0.29) is 24.0 Å². The summed E-state index contributed by atoms with van der Waals surface area (Å²) >= 11 is 0. The first kappa shape index (κ1) is 18.2. The largest absolute Gasteiger partial charge is 0.451 e. The Kier molecular flexibility index (Phi) is 5.47. The van der Waals surface area contributed by atoms with Gasteiger partial charge in [0, 0.05) is 24.3 Å². The number of hydrogen-bond acceptors (Lipinski definition) is 4. The topological polar surface area (TPSA) is 79.5 Å². The van der Waals surface area contributed by atoms with E-state index >= 15 is 0 Å². The maximum absolute atomic E-state index is 12.3. The highest BCUT2D eigenvalue weighted by Gasteiger charge is 2.27. The highest BCUT2D eigenvalue weighted by Crippen LogP contribution is 2.22. The maximum atomic E-state index is 12.3. The van der Waals surface area contributed by atoms with Gasteiger partial charge in [0.15, 0.2) is 12.4 Å². The van der Waals surface area contributed by atoms with Crippen LogP contribution in [0.15, 0.2) is 0 Å². The number of esters is 1. The van der Waals surface area contributed by atoms with Crippen molar-refractivity contribution in [3.63, 3.8) is 0 Å². The Morgan fingerprint density at radius 3 is 2.25 bits per heavy atom. The van der Waals surface area contributed by atoms with Gasteiger partial charge >= 0.3 is 5.97 Å². The molecule has 1 saturated heterocycles. The molecule has 1 fully saturated rings. The lowest BCUT2D eigenvalue weighted by molar-refractivity contribution is -0.137. The van der Waals surface area contributed by atoms with Crippen molar-refractivity contribution in [3.05, 3.63) is 22.5 Å². The minimum atomic E-state index is -0.602. The number of piperidine rings is 1. The summed E-state index contributed by atoms with van der Waals surface area (Å²) in [5.41, 5.74) is 1.95. The Balaban J connectivity index is 1.99. The van der Waals surface area contributed by atoms with Crippen LogP contribution in [-0.2, 0) is 9.53 Å². The quantitative estimate of drug-likeness (QED) is 0.678. The van der Waals surface area contributed by atoms with Crippen molar-refractivity contribution >= 4 is 17.7 Å². The average Bonchev–Trinajstić information content (AvgIpc) is 2.78. The molecule has 24 heavy (non-hydrogen) atoms. The van der Waals surface area contributed by atoms with Crippen LogP contribution in [0.25, 0.3) is 0 Å². The van der Waals surface area contributed by atoms with E-state index in [1.165, 1.54) is 6.92 Å². The molecule has 1 aromatic heterocycles. The van der Waals surface area contributed by atoms with Gasteiger partial charge in [0.05, 0.1) is 0 Å². The highest BCUT2D eigenvalue weighted by atomic mass is 16.5. The van der Waals surface area contributed by atoms with Gasteiger partial charge < -0.3 is 14.6 Å². The molecule has 1 aromatic rings. The van der Waals surface area contributed by atoms with Crippen LogP contribution in [0.2, 0.25) is 0 Å². The molecule has 1 N–H and O–H groups in total. The number of carbonyl (C=O) groups excluding carboxylic acids is 3. The third-order valence-corrected chi connectivity index (χ3v) is 4.54. The van der Waals surface area contributed by atoms with E-state index in [4.69, 9.17) is 4.74 Å². The van der Waals surface area contributed by atoms with Gasteiger partial charge in [0.1, 0.15) is 5.69 Å². The van der Waals surface area contributed by atoms with Crippen LogP contribution >= 0.6 is 0 Å². The number of ether oxygens (including phenoxy) is 1. The van der Waals surface area contributed by atoms with Gasteiger partial charge in [-0.15, -0.1) is 0 Å². The number of carbonyl (C=O) groups is 3. The summed E-state index contributed by atoms with van der Waals surface area (Å²) in [6.45, 7) is 10.3. The Morgan fingerprint density at radius 1 is 1.17 bits per heavy atom. The molecule has 6 nitrogen and oxygen atoms in total. The predicted octanol–water partition coefficient (Wildman–Crippen LogP) is 2.50. The monoisotopic (exact) mass is 334 g/mol. The van der Waals surface area contributed by atoms with Gasteiger partial charge in [-0.2, -0.15) is 0 Å². The molecule has 1 amide bonds. The van der Waals surface area contributed by atoms with E-state index in [0.717, 1.165) is 6.42 Å². The molecular weight excluding hydrogens is 308 g/mol. The lowest BCUT2D eigenvalue weighted by atomic mass is 9.92. The molecule has 0 radical (unpaired) electrons. The van der Waals surface area contributed by atoms with Crippen LogP contribution in [0.5, 0.6) is 0 Å². The number of nitrogens with zero attached hydrogens (tertiary/aromatic N) is 1. The fourth-order valence-corrected chi connectivity index (χ4v) is 3.64. The zero-order valence-electron chi connectivity index (χ0n) is 15.1. The SMILES string of the molecule is CC(=O)c1c(C)[nH]c(C(=O)OCC(=O)N2C[C@H](C)C[C@H](C)C2)c1C. The zero-order valence-corrected chi connectivity index (χ0v) is 15.1. The number of nitrogens with one attached hydrogen (secondary N) is 1. The number of amides is 1. The lowest BCUT2D eigenvalue weighted by Crippen LogP contribution is -2.44. The summed E-state index contributed by atoms with van der Waals surface area (Å²) in [4.78, 5) is 40.8. The Bertz CT molecular complexity index is 652. The van der Waals surface area contributed by atoms with Gasteiger partial charge in [-0.1, -0.05) is 13.8 Å². The summed E-state index contributed by atoms with van der Waals surface area (Å²) in [6.07, 6.45) is 1.11. The molecule has 1 aliphatic rings. The minimum absolute atomic E-state index is 0.104. The number of likely N-dealkylation sites (tertiary alicyclic amines) is 1. The third kappa shape index (κ3) is 3.86. The smallest absolute Gasteiger partial charge is 0.355 e. The molecule has 0 spiro atoms. The Labute approximate surface area is 142 Å². The van der Waals surface area contributed by atoms with Crippen LogP contribution in [0.1, 0.15) is 59.3 Å². The number of H-pyrrole nitrogens is 1. The first-order valence-electron chi connectivity index (χ1n) is 8.35. The summed E-state index contributed by atoms with van der Waals surface area (Å²) < 4.78 is 5.17. The van der Waals surface area contributed by atoms with Gasteiger partial charge in [-0.3, -0.25) is 9.59 Å². The Hall–Kier alpha value is -2.11. The maximum Gasteiger partial charge on any atom is 0.355 e. The molecule has 0 bridgehead atoms. The summed E-state index contributed by atoms with van der Waals surface area (Å²) in [5, 5.41) is 0. The van der Waals surface area contributed by atoms with E-state index in [2.05, 4.69) is 18.8 Å². The standard InChI is InChI=1S/C18H26N2O4/c1-10-6-11(2)8-20(7-10)15(22)9-24-18(23)17-12(3)16(14(5)21)13(4)19-17/h10-11,19H,6-9H2,1-5H3/t10-,11+. The van der Waals surface area contributed by atoms with Crippen molar-refractivity contribution in [1.82, 2.24) is 9.88 Å². The van der Waals surface area contributed by atoms with Gasteiger partial charge in [0.2, 0.25) is 0 Å². The summed E-state index contributed by atoms with van der Waals surface area (Å²) in [5.74, 6) is 0.0383. The second-order valence-electron chi connectivity index (χ2n) is 7.00. The summed E-state index contributed by atoms with van der Waals surface area (Å²) in [7, 11) is 0. The number of aryl methyl sites for hydroxylation is 1. The van der Waals surface area contributed by atoms with Crippen LogP contribution in [0.3, 0.4) is 0 Å². The van der Waals surface area contributed by atoms with Crippen molar-refractivity contribution in [2.24, 2.45) is 11.8 Å². The van der Waals surface area contributed by atoms with Gasteiger partial charge in [0.25, 0.3) is 5.91 Å². The molecular formula is C18H26N2O4. The van der Waals surface area contributed by atoms with Crippen molar-refractivity contribution in [1.29, 1.82) is 0 Å². The van der Waals surface area contributed by atoms with Crippen molar-refractivity contribution in [2.45, 2.75) is 41.0 Å². The molecule has 2 heterocycles. The number of aromatic amines is 1. The normalized spacial score (nSPS) is 20.8. The first-order valence-corrected chi connectivity index (χ1v) is 8.35. The van der Waals surface area contributed by atoms with Crippen LogP contribution < -0.4 is 0 Å². The third-order valence-electron chi connectivity index (χ3n) is 4.54. The average molecular weight is 334 g/mol. The van der Waals surface area contributed by atoms with E-state index in [1.54, 1.807) is 18.7 Å². The number of rotatable bonds is 4. The molecule has 1 aliphatic heterocycles. The van der Waals surface area contributed by atoms with Crippen LogP contribution in [0, 0.1) is 25.7 Å². The highest BCUT2D eigenvalue weighted by molar-refractivity contribution is 6.01. The van der Waals surface area contributed by atoms with Crippen LogP contribution in [0.4, 0.5) is 0 Å².